The molecule has 1 aromatic carbocycles. The van der Waals surface area contributed by atoms with Crippen molar-refractivity contribution < 1.29 is 4.79 Å². The van der Waals surface area contributed by atoms with Crippen LogP contribution in [0, 0.1) is 5.92 Å². The highest BCUT2D eigenvalue weighted by molar-refractivity contribution is 6.05. The summed E-state index contributed by atoms with van der Waals surface area (Å²) >= 11 is 0. The van der Waals surface area contributed by atoms with Crippen LogP contribution >= 0.6 is 0 Å². The largest absolute Gasteiger partial charge is 0.351 e. The molecule has 1 fully saturated rings. The number of primary amides is 1. The average molecular weight is 285 g/mol. The zero-order chi connectivity index (χ0) is 15.1. The lowest BCUT2D eigenvalue weighted by molar-refractivity contribution is 0.253. The predicted molar refractivity (Wildman–Crippen MR) is 87.1 cm³/mol. The number of amidine groups is 1. The van der Waals surface area contributed by atoms with Gasteiger partial charge in [-0.25, -0.2) is 4.79 Å². The maximum absolute atomic E-state index is 11.1. The van der Waals surface area contributed by atoms with E-state index in [4.69, 9.17) is 5.73 Å². The van der Waals surface area contributed by atoms with Gasteiger partial charge >= 0.3 is 6.03 Å². The molecule has 0 aliphatic heterocycles. The number of urea groups is 1. The fourth-order valence-electron chi connectivity index (χ4n) is 2.70. The molecule has 4 heteroatoms. The molecule has 0 spiro atoms. The molecular formula is C17H23N3O. The van der Waals surface area contributed by atoms with E-state index in [9.17, 15) is 4.79 Å². The zero-order valence-electron chi connectivity index (χ0n) is 12.5. The number of hydrogen-bond donors (Lipinski definition) is 2. The number of amides is 2. The summed E-state index contributed by atoms with van der Waals surface area (Å²) in [6, 6.07) is 9.62. The molecule has 0 heterocycles. The van der Waals surface area contributed by atoms with E-state index in [1.165, 1.54) is 12.8 Å². The second-order valence-electron chi connectivity index (χ2n) is 5.67. The van der Waals surface area contributed by atoms with E-state index in [1.54, 1.807) is 0 Å². The number of carbonyl (C=O) groups is 1. The summed E-state index contributed by atoms with van der Waals surface area (Å²) in [5.41, 5.74) is 6.29. The van der Waals surface area contributed by atoms with Crippen LogP contribution in [-0.4, -0.2) is 17.9 Å². The third-order valence-corrected chi connectivity index (χ3v) is 3.71. The summed E-state index contributed by atoms with van der Waals surface area (Å²) in [5.74, 6) is 1.24. The van der Waals surface area contributed by atoms with Gasteiger partial charge in [0.1, 0.15) is 5.84 Å². The highest BCUT2D eigenvalue weighted by Crippen LogP contribution is 2.25. The van der Waals surface area contributed by atoms with Gasteiger partial charge in [-0.1, -0.05) is 56.2 Å². The highest BCUT2D eigenvalue weighted by Gasteiger charge is 2.18. The lowest BCUT2D eigenvalue weighted by atomic mass is 9.87. The third kappa shape index (κ3) is 5.42. The Bertz CT molecular complexity index is 522. The van der Waals surface area contributed by atoms with E-state index in [-0.39, 0.29) is 6.04 Å². The van der Waals surface area contributed by atoms with Gasteiger partial charge in [0.2, 0.25) is 0 Å². The molecule has 0 aromatic heterocycles. The van der Waals surface area contributed by atoms with E-state index in [0.29, 0.717) is 11.8 Å². The van der Waals surface area contributed by atoms with Crippen LogP contribution in [0.15, 0.2) is 41.4 Å². The molecular weight excluding hydrogens is 262 g/mol. The molecule has 1 aliphatic carbocycles. The Morgan fingerprint density at radius 3 is 2.76 bits per heavy atom. The van der Waals surface area contributed by atoms with Crippen LogP contribution < -0.4 is 11.1 Å². The van der Waals surface area contributed by atoms with Crippen molar-refractivity contribution in [3.63, 3.8) is 0 Å². The normalized spacial score (nSPS) is 23.2. The van der Waals surface area contributed by atoms with Crippen molar-refractivity contribution in [1.82, 2.24) is 5.32 Å². The summed E-state index contributed by atoms with van der Waals surface area (Å²) in [5, 5.41) is 2.61. The van der Waals surface area contributed by atoms with E-state index in [2.05, 4.69) is 17.2 Å². The number of nitrogens with zero attached hydrogens (tertiary/aromatic N) is 1. The molecule has 0 radical (unpaired) electrons. The average Bonchev–Trinajstić information content (AvgIpc) is 2.45. The molecule has 0 saturated heterocycles. The number of nitrogens with two attached hydrogens (primary N) is 1. The molecule has 2 unspecified atom stereocenters. The van der Waals surface area contributed by atoms with E-state index in [1.807, 2.05) is 42.5 Å². The van der Waals surface area contributed by atoms with Gasteiger partial charge in [-0.3, -0.25) is 10.3 Å². The maximum Gasteiger partial charge on any atom is 0.317 e. The Kier molecular flexibility index (Phi) is 5.55. The Balaban J connectivity index is 2.10. The summed E-state index contributed by atoms with van der Waals surface area (Å²) in [6.07, 6.45) is 8.36. The molecule has 21 heavy (non-hydrogen) atoms. The Hall–Kier alpha value is -2.10. The van der Waals surface area contributed by atoms with Crippen molar-refractivity contribution >= 4 is 17.9 Å². The second-order valence-corrected chi connectivity index (χ2v) is 5.67. The number of carbonyl (C=O) groups excluding carboxylic acids is 1. The predicted octanol–water partition coefficient (Wildman–Crippen LogP) is 3.35. The maximum atomic E-state index is 11.1. The van der Waals surface area contributed by atoms with Gasteiger partial charge in [0.05, 0.1) is 6.04 Å². The van der Waals surface area contributed by atoms with Gasteiger partial charge < -0.3 is 5.73 Å². The summed E-state index contributed by atoms with van der Waals surface area (Å²) in [6.45, 7) is 2.25. The molecule has 4 nitrogen and oxygen atoms in total. The summed E-state index contributed by atoms with van der Waals surface area (Å²) < 4.78 is 0. The second kappa shape index (κ2) is 7.62. The minimum absolute atomic E-state index is 0.274. The van der Waals surface area contributed by atoms with Crippen molar-refractivity contribution in [2.24, 2.45) is 16.6 Å². The number of aliphatic imine (C=N–C) groups is 1. The van der Waals surface area contributed by atoms with Crippen LogP contribution in [0.3, 0.4) is 0 Å². The van der Waals surface area contributed by atoms with Crippen molar-refractivity contribution in [3.8, 4) is 0 Å². The number of nitrogens with one attached hydrogen (secondary N) is 1. The molecule has 2 rings (SSSR count). The third-order valence-electron chi connectivity index (χ3n) is 3.71. The molecule has 1 saturated carbocycles. The zero-order valence-corrected chi connectivity index (χ0v) is 12.5. The SMILES string of the molecule is CC1CCCC(N=C(/C=C/c2ccccc2)NC(N)=O)C1. The smallest absolute Gasteiger partial charge is 0.317 e. The fourth-order valence-corrected chi connectivity index (χ4v) is 2.70. The molecule has 2 atom stereocenters. The van der Waals surface area contributed by atoms with Crippen LogP contribution in [0.4, 0.5) is 4.79 Å². The van der Waals surface area contributed by atoms with Gasteiger partial charge in [-0.05, 0) is 30.4 Å². The van der Waals surface area contributed by atoms with Gasteiger partial charge in [0, 0.05) is 0 Å². The van der Waals surface area contributed by atoms with Gasteiger partial charge in [0.15, 0.2) is 0 Å². The van der Waals surface area contributed by atoms with Crippen LogP contribution in [0.5, 0.6) is 0 Å². The number of hydrogen-bond acceptors (Lipinski definition) is 2. The molecule has 112 valence electrons. The van der Waals surface area contributed by atoms with E-state index < -0.39 is 6.03 Å². The molecule has 3 N–H and O–H groups in total. The fraction of sp³-hybridized carbons (Fsp3) is 0.412. The number of benzene rings is 1. The van der Waals surface area contributed by atoms with Crippen molar-refractivity contribution in [3.05, 3.63) is 42.0 Å². The van der Waals surface area contributed by atoms with Crippen LogP contribution in [-0.2, 0) is 0 Å². The Labute approximate surface area is 126 Å². The van der Waals surface area contributed by atoms with Crippen molar-refractivity contribution in [2.45, 2.75) is 38.6 Å². The monoisotopic (exact) mass is 285 g/mol. The van der Waals surface area contributed by atoms with Crippen molar-refractivity contribution in [1.29, 1.82) is 0 Å². The first-order valence-corrected chi connectivity index (χ1v) is 7.51. The molecule has 2 amide bonds. The highest BCUT2D eigenvalue weighted by atomic mass is 16.2. The molecule has 0 bridgehead atoms. The summed E-state index contributed by atoms with van der Waals surface area (Å²) in [7, 11) is 0. The minimum Gasteiger partial charge on any atom is -0.351 e. The molecule has 1 aliphatic rings. The van der Waals surface area contributed by atoms with E-state index >= 15 is 0 Å². The lowest BCUT2D eigenvalue weighted by Gasteiger charge is -2.24. The Morgan fingerprint density at radius 2 is 2.10 bits per heavy atom. The van der Waals surface area contributed by atoms with Gasteiger partial charge in [0.25, 0.3) is 0 Å². The van der Waals surface area contributed by atoms with Crippen LogP contribution in [0.25, 0.3) is 6.08 Å². The Morgan fingerprint density at radius 1 is 1.33 bits per heavy atom. The van der Waals surface area contributed by atoms with Crippen LogP contribution in [0.1, 0.15) is 38.2 Å². The standard InChI is InChI=1S/C17H23N3O/c1-13-6-5-9-15(12-13)19-16(20-17(18)21)11-10-14-7-3-2-4-8-14/h2-4,7-8,10-11,13,15H,5-6,9,12H2,1H3,(H3,18,19,20,21)/b11-10+. The quantitative estimate of drug-likeness (QED) is 0.649. The van der Waals surface area contributed by atoms with Gasteiger partial charge in [-0.15, -0.1) is 0 Å². The van der Waals surface area contributed by atoms with Crippen LogP contribution in [0.2, 0.25) is 0 Å². The van der Waals surface area contributed by atoms with E-state index in [0.717, 1.165) is 18.4 Å². The lowest BCUT2D eigenvalue weighted by Crippen LogP contribution is -2.35. The minimum atomic E-state index is -0.574. The molecule has 1 aromatic rings. The number of rotatable bonds is 3. The van der Waals surface area contributed by atoms with Crippen molar-refractivity contribution in [2.75, 3.05) is 0 Å². The summed E-state index contributed by atoms with van der Waals surface area (Å²) in [4.78, 5) is 15.8. The first-order valence-electron chi connectivity index (χ1n) is 7.51. The topological polar surface area (TPSA) is 67.5 Å². The van der Waals surface area contributed by atoms with Gasteiger partial charge in [-0.2, -0.15) is 0 Å². The first kappa shape index (κ1) is 15.3. The first-order chi connectivity index (χ1) is 10.1.